The molecule has 23 heavy (non-hydrogen) atoms. The Balaban J connectivity index is 2.11. The van der Waals surface area contributed by atoms with E-state index in [1.165, 1.54) is 27.8 Å². The van der Waals surface area contributed by atoms with Gasteiger partial charge in [-0.25, -0.2) is 0 Å². The van der Waals surface area contributed by atoms with Crippen molar-refractivity contribution in [1.82, 2.24) is 0 Å². The van der Waals surface area contributed by atoms with Crippen LogP contribution in [-0.2, 0) is 22.4 Å². The second kappa shape index (κ2) is 6.24. The number of aryl methyl sites for hydroxylation is 3. The topological polar surface area (TPSA) is 26.3 Å². The van der Waals surface area contributed by atoms with Gasteiger partial charge in [-0.05, 0) is 55.2 Å². The molecule has 0 N–H and O–H groups in total. The van der Waals surface area contributed by atoms with E-state index in [0.29, 0.717) is 11.7 Å². The first kappa shape index (κ1) is 16.4. The minimum atomic E-state index is -0.0893. The van der Waals surface area contributed by atoms with Gasteiger partial charge >= 0.3 is 0 Å². The Labute approximate surface area is 139 Å². The van der Waals surface area contributed by atoms with Gasteiger partial charge in [0.2, 0.25) is 0 Å². The third kappa shape index (κ3) is 2.57. The predicted octanol–water partition coefficient (Wildman–Crippen LogP) is 4.38. The van der Waals surface area contributed by atoms with Gasteiger partial charge in [0.15, 0.2) is 0 Å². The van der Waals surface area contributed by atoms with Crippen LogP contribution >= 0.6 is 0 Å². The lowest BCUT2D eigenvalue weighted by atomic mass is 9.82. The summed E-state index contributed by atoms with van der Waals surface area (Å²) in [6.07, 6.45) is 3.73. The molecule has 3 rings (SSSR count). The van der Waals surface area contributed by atoms with Crippen molar-refractivity contribution in [2.45, 2.75) is 58.5 Å². The molecule has 4 atom stereocenters. The van der Waals surface area contributed by atoms with E-state index in [-0.39, 0.29) is 17.9 Å². The fraction of sp³-hybridized carbons (Fsp3) is 0.571. The highest BCUT2D eigenvalue weighted by Crippen LogP contribution is 2.52. The van der Waals surface area contributed by atoms with E-state index >= 15 is 0 Å². The molecule has 0 bridgehead atoms. The number of hydrogen-bond donors (Lipinski definition) is 0. The Morgan fingerprint density at radius 3 is 2.30 bits per heavy atom. The number of carbonyl (C=O) groups is 1. The first-order valence-electron chi connectivity index (χ1n) is 8.87. The number of methoxy groups -OCH3 is 1. The molecule has 1 aromatic carbocycles. The molecule has 0 aliphatic heterocycles. The second-order valence-corrected chi connectivity index (χ2v) is 7.21. The Morgan fingerprint density at radius 2 is 1.78 bits per heavy atom. The molecule has 0 radical (unpaired) electrons. The van der Waals surface area contributed by atoms with Crippen molar-refractivity contribution < 1.29 is 9.53 Å². The zero-order valence-corrected chi connectivity index (χ0v) is 14.8. The Kier molecular flexibility index (Phi) is 4.46. The average molecular weight is 312 g/mol. The molecule has 1 aromatic rings. The first-order valence-corrected chi connectivity index (χ1v) is 8.87. The molecule has 2 saturated carbocycles. The van der Waals surface area contributed by atoms with E-state index in [1.807, 2.05) is 0 Å². The van der Waals surface area contributed by atoms with Gasteiger partial charge in [0.25, 0.3) is 0 Å². The van der Waals surface area contributed by atoms with Crippen LogP contribution in [-0.4, -0.2) is 19.0 Å². The summed E-state index contributed by atoms with van der Waals surface area (Å²) >= 11 is 0. The molecule has 2 aliphatic rings. The number of rotatable bonds is 4. The van der Waals surface area contributed by atoms with E-state index < -0.39 is 0 Å². The summed E-state index contributed by atoms with van der Waals surface area (Å²) in [5, 5.41) is 0. The summed E-state index contributed by atoms with van der Waals surface area (Å²) in [5.74, 6) is 0.733. The summed E-state index contributed by atoms with van der Waals surface area (Å²) in [4.78, 5) is 13.2. The maximum absolute atomic E-state index is 13.2. The highest BCUT2D eigenvalue weighted by molar-refractivity contribution is 5.93. The third-order valence-corrected chi connectivity index (χ3v) is 5.81. The normalized spacial score (nSPS) is 30.1. The molecular formula is C21H28O2. The number of allylic oxidation sites excluding steroid dienone is 1. The van der Waals surface area contributed by atoms with Gasteiger partial charge in [-0.1, -0.05) is 43.7 Å². The van der Waals surface area contributed by atoms with Crippen LogP contribution in [0.1, 0.15) is 54.9 Å². The number of ketones is 1. The van der Waals surface area contributed by atoms with Crippen molar-refractivity contribution in [2.24, 2.45) is 11.8 Å². The number of carbonyl (C=O) groups excluding carboxylic acids is 1. The standard InChI is InChI=1S/C21H28O2/c1-6-14-8-12(3)9-15(7-2)18(14)19-20(22)16-10-13(4)11-17(16)21(19)23-5/h8-9,16-17,19,21H,4,6-7,10-11H2,1-3,5H3. The Hall–Kier alpha value is -1.41. The molecular weight excluding hydrogens is 284 g/mol. The molecule has 2 nitrogen and oxygen atoms in total. The second-order valence-electron chi connectivity index (χ2n) is 7.21. The molecule has 2 heteroatoms. The molecule has 0 spiro atoms. The minimum absolute atomic E-state index is 0.00468. The molecule has 0 amide bonds. The van der Waals surface area contributed by atoms with Crippen LogP contribution in [0.4, 0.5) is 0 Å². The van der Waals surface area contributed by atoms with Crippen LogP contribution in [0.15, 0.2) is 24.3 Å². The van der Waals surface area contributed by atoms with Crippen molar-refractivity contribution in [1.29, 1.82) is 0 Å². The summed E-state index contributed by atoms with van der Waals surface area (Å²) in [5.41, 5.74) is 6.40. The number of fused-ring (bicyclic) bond motifs is 1. The highest BCUT2D eigenvalue weighted by atomic mass is 16.5. The molecule has 0 saturated heterocycles. The van der Waals surface area contributed by atoms with Crippen LogP contribution in [0.25, 0.3) is 0 Å². The predicted molar refractivity (Wildman–Crippen MR) is 93.8 cm³/mol. The Bertz CT molecular complexity index is 618. The fourth-order valence-electron chi connectivity index (χ4n) is 4.87. The highest BCUT2D eigenvalue weighted by Gasteiger charge is 2.54. The van der Waals surface area contributed by atoms with Crippen LogP contribution in [0, 0.1) is 18.8 Å². The zero-order valence-electron chi connectivity index (χ0n) is 14.8. The molecule has 2 aliphatic carbocycles. The number of hydrogen-bond acceptors (Lipinski definition) is 2. The maximum Gasteiger partial charge on any atom is 0.146 e. The van der Waals surface area contributed by atoms with E-state index in [1.54, 1.807) is 7.11 Å². The van der Waals surface area contributed by atoms with Crippen molar-refractivity contribution in [3.8, 4) is 0 Å². The third-order valence-electron chi connectivity index (χ3n) is 5.81. The number of Topliss-reactive ketones (excluding diaryl/α,β-unsaturated/α-hetero) is 1. The van der Waals surface area contributed by atoms with Crippen LogP contribution < -0.4 is 0 Å². The summed E-state index contributed by atoms with van der Waals surface area (Å²) in [6.45, 7) is 10.6. The largest absolute Gasteiger partial charge is 0.380 e. The molecule has 0 aromatic heterocycles. The lowest BCUT2D eigenvalue weighted by Gasteiger charge is -2.26. The first-order chi connectivity index (χ1) is 11.0. The van der Waals surface area contributed by atoms with Crippen LogP contribution in [0.5, 0.6) is 0 Å². The molecule has 2 fully saturated rings. The van der Waals surface area contributed by atoms with Gasteiger partial charge in [-0.15, -0.1) is 0 Å². The van der Waals surface area contributed by atoms with Crippen molar-refractivity contribution in [3.63, 3.8) is 0 Å². The van der Waals surface area contributed by atoms with Crippen molar-refractivity contribution in [3.05, 3.63) is 46.5 Å². The van der Waals surface area contributed by atoms with E-state index in [2.05, 4.69) is 39.5 Å². The average Bonchev–Trinajstić information content (AvgIpc) is 3.02. The van der Waals surface area contributed by atoms with E-state index in [0.717, 1.165) is 25.7 Å². The van der Waals surface area contributed by atoms with Gasteiger partial charge in [-0.3, -0.25) is 4.79 Å². The van der Waals surface area contributed by atoms with Crippen LogP contribution in [0.2, 0.25) is 0 Å². The smallest absolute Gasteiger partial charge is 0.146 e. The van der Waals surface area contributed by atoms with Gasteiger partial charge in [0.1, 0.15) is 5.78 Å². The van der Waals surface area contributed by atoms with Gasteiger partial charge in [-0.2, -0.15) is 0 Å². The Morgan fingerprint density at radius 1 is 1.17 bits per heavy atom. The summed E-state index contributed by atoms with van der Waals surface area (Å²) in [6, 6.07) is 4.50. The van der Waals surface area contributed by atoms with Crippen molar-refractivity contribution >= 4 is 5.78 Å². The van der Waals surface area contributed by atoms with Gasteiger partial charge in [0, 0.05) is 13.0 Å². The lowest BCUT2D eigenvalue weighted by molar-refractivity contribution is -0.122. The van der Waals surface area contributed by atoms with Gasteiger partial charge < -0.3 is 4.74 Å². The monoisotopic (exact) mass is 312 g/mol. The van der Waals surface area contributed by atoms with Crippen LogP contribution in [0.3, 0.4) is 0 Å². The summed E-state index contributed by atoms with van der Waals surface area (Å²) < 4.78 is 5.88. The molecule has 124 valence electrons. The van der Waals surface area contributed by atoms with Crippen molar-refractivity contribution in [2.75, 3.05) is 7.11 Å². The summed E-state index contributed by atoms with van der Waals surface area (Å²) in [7, 11) is 1.76. The molecule has 0 heterocycles. The number of benzene rings is 1. The zero-order chi connectivity index (χ0) is 16.7. The number of ether oxygens (including phenoxy) is 1. The lowest BCUT2D eigenvalue weighted by Crippen LogP contribution is -2.26. The maximum atomic E-state index is 13.2. The van der Waals surface area contributed by atoms with Gasteiger partial charge in [0.05, 0.1) is 12.0 Å². The SMILES string of the molecule is C=C1CC2C(=O)C(c3c(CC)cc(C)cc3CC)C(OC)C2C1. The van der Waals surface area contributed by atoms with E-state index in [9.17, 15) is 4.79 Å². The quantitative estimate of drug-likeness (QED) is 0.771. The van der Waals surface area contributed by atoms with E-state index in [4.69, 9.17) is 4.74 Å². The minimum Gasteiger partial charge on any atom is -0.380 e. The molecule has 4 unspecified atom stereocenters. The fourth-order valence-corrected chi connectivity index (χ4v) is 4.87.